The van der Waals surface area contributed by atoms with Gasteiger partial charge >= 0.3 is 0 Å². The lowest BCUT2D eigenvalue weighted by molar-refractivity contribution is 0.0231. The second-order valence-corrected chi connectivity index (χ2v) is 10.4. The van der Waals surface area contributed by atoms with Crippen LogP contribution in [0.1, 0.15) is 49.2 Å². The fourth-order valence-electron chi connectivity index (χ4n) is 5.97. The number of nitrogens with zero attached hydrogens (tertiary/aromatic N) is 4. The molecule has 4 heterocycles. The number of anilines is 2. The van der Waals surface area contributed by atoms with Crippen LogP contribution in [0.2, 0.25) is 0 Å². The lowest BCUT2D eigenvalue weighted by Gasteiger charge is -2.48. The topological polar surface area (TPSA) is 62.8 Å². The first-order valence-electron chi connectivity index (χ1n) is 13.3. The average Bonchev–Trinajstić information content (AvgIpc) is 2.92. The molecule has 10 heteroatoms. The van der Waals surface area contributed by atoms with Crippen molar-refractivity contribution in [1.82, 2.24) is 14.9 Å². The van der Waals surface area contributed by atoms with Crippen LogP contribution in [0.15, 0.2) is 30.3 Å². The van der Waals surface area contributed by atoms with Gasteiger partial charge in [0.1, 0.15) is 29.8 Å². The highest BCUT2D eigenvalue weighted by Crippen LogP contribution is 2.41. The summed E-state index contributed by atoms with van der Waals surface area (Å²) in [6.45, 7) is 8.60. The number of hydrogen-bond acceptors (Lipinski definition) is 7. The maximum Gasteiger partial charge on any atom is 0.266 e. The van der Waals surface area contributed by atoms with Crippen LogP contribution < -0.4 is 15.0 Å². The van der Waals surface area contributed by atoms with E-state index >= 15 is 0 Å². The molecule has 0 radical (unpaired) electrons. The number of fused-ring (bicyclic) bond motifs is 4. The van der Waals surface area contributed by atoms with Crippen molar-refractivity contribution in [1.29, 1.82) is 0 Å². The molecule has 3 aliphatic rings. The SMILES string of the molecule is Cc1nc(N[C@H](C)c2cccc(C(F)F)c2F)c2cc3c(cc2n1)OC[C@H]1CN(C2CCOCC2)CCN31. The van der Waals surface area contributed by atoms with Gasteiger partial charge in [-0.25, -0.2) is 23.1 Å². The summed E-state index contributed by atoms with van der Waals surface area (Å²) in [6.07, 6.45) is -0.741. The van der Waals surface area contributed by atoms with Gasteiger partial charge in [0.15, 0.2) is 0 Å². The molecule has 0 spiro atoms. The van der Waals surface area contributed by atoms with Gasteiger partial charge in [0.25, 0.3) is 6.43 Å². The van der Waals surface area contributed by atoms with E-state index in [0.717, 1.165) is 68.6 Å². The Kier molecular flexibility index (Phi) is 6.77. The number of ether oxygens (including phenoxy) is 2. The maximum absolute atomic E-state index is 14.9. The summed E-state index contributed by atoms with van der Waals surface area (Å²) in [4.78, 5) is 14.2. The summed E-state index contributed by atoms with van der Waals surface area (Å²) in [6, 6.07) is 8.28. The maximum atomic E-state index is 14.9. The molecule has 6 rings (SSSR count). The number of alkyl halides is 2. The molecule has 3 aromatic rings. The highest BCUT2D eigenvalue weighted by Gasteiger charge is 2.36. The zero-order chi connectivity index (χ0) is 26.4. The second kappa shape index (κ2) is 10.2. The molecule has 2 atom stereocenters. The summed E-state index contributed by atoms with van der Waals surface area (Å²) in [7, 11) is 0. The van der Waals surface area contributed by atoms with Crippen molar-refractivity contribution in [2.24, 2.45) is 0 Å². The highest BCUT2D eigenvalue weighted by molar-refractivity contribution is 5.94. The van der Waals surface area contributed by atoms with Crippen LogP contribution in [0.25, 0.3) is 10.9 Å². The van der Waals surface area contributed by atoms with E-state index in [4.69, 9.17) is 9.47 Å². The van der Waals surface area contributed by atoms with E-state index in [9.17, 15) is 13.2 Å². The fourth-order valence-corrected chi connectivity index (χ4v) is 5.97. The van der Waals surface area contributed by atoms with Crippen molar-refractivity contribution in [2.45, 2.75) is 51.2 Å². The third-order valence-corrected chi connectivity index (χ3v) is 7.96. The van der Waals surface area contributed by atoms with Crippen LogP contribution in [0.5, 0.6) is 5.75 Å². The van der Waals surface area contributed by atoms with Crippen LogP contribution in [-0.4, -0.2) is 66.4 Å². The smallest absolute Gasteiger partial charge is 0.266 e. The van der Waals surface area contributed by atoms with Gasteiger partial charge in [0, 0.05) is 55.9 Å². The van der Waals surface area contributed by atoms with Crippen LogP contribution in [0.3, 0.4) is 0 Å². The standard InChI is InChI=1S/C28H32F3N5O2/c1-16(20-4-3-5-21(26(20)29)27(30)31)32-28-22-12-24-25(13-23(22)33-17(2)34-28)38-15-19-14-35(8-9-36(19)24)18-6-10-37-11-7-18/h3-5,12-13,16,18-19,27H,6-11,14-15H2,1-2H3,(H,32,33,34)/t16-,19-/m1/s1. The second-order valence-electron chi connectivity index (χ2n) is 10.4. The number of nitrogens with one attached hydrogen (secondary N) is 1. The number of piperazine rings is 1. The Hall–Kier alpha value is -3.11. The van der Waals surface area contributed by atoms with Crippen molar-refractivity contribution in [3.63, 3.8) is 0 Å². The summed E-state index contributed by atoms with van der Waals surface area (Å²) in [5, 5.41) is 4.04. The quantitative estimate of drug-likeness (QED) is 0.486. The number of aryl methyl sites for hydroxylation is 1. The van der Waals surface area contributed by atoms with E-state index in [2.05, 4.69) is 25.1 Å². The first-order chi connectivity index (χ1) is 18.4. The lowest BCUT2D eigenvalue weighted by atomic mass is 10.0. The molecule has 7 nitrogen and oxygen atoms in total. The molecular weight excluding hydrogens is 495 g/mol. The van der Waals surface area contributed by atoms with Crippen LogP contribution in [0.4, 0.5) is 24.7 Å². The molecule has 1 N–H and O–H groups in total. The molecule has 2 fully saturated rings. The zero-order valence-corrected chi connectivity index (χ0v) is 21.6. The van der Waals surface area contributed by atoms with Crippen molar-refractivity contribution in [3.8, 4) is 5.75 Å². The minimum atomic E-state index is -2.88. The van der Waals surface area contributed by atoms with E-state index in [1.807, 2.05) is 12.1 Å². The van der Waals surface area contributed by atoms with E-state index in [0.29, 0.717) is 29.8 Å². The molecule has 202 valence electrons. The van der Waals surface area contributed by atoms with Crippen molar-refractivity contribution in [3.05, 3.63) is 53.1 Å². The molecule has 2 saturated heterocycles. The summed E-state index contributed by atoms with van der Waals surface area (Å²) < 4.78 is 53.2. The summed E-state index contributed by atoms with van der Waals surface area (Å²) >= 11 is 0. The Morgan fingerprint density at radius 2 is 1.84 bits per heavy atom. The third-order valence-electron chi connectivity index (χ3n) is 7.96. The van der Waals surface area contributed by atoms with Crippen LogP contribution in [-0.2, 0) is 4.74 Å². The van der Waals surface area contributed by atoms with Crippen molar-refractivity contribution in [2.75, 3.05) is 49.7 Å². The number of aromatic nitrogens is 2. The highest BCUT2D eigenvalue weighted by atomic mass is 19.3. The number of halogens is 3. The number of rotatable bonds is 5. The molecular formula is C28H32F3N5O2. The summed E-state index contributed by atoms with van der Waals surface area (Å²) in [5.74, 6) is 0.981. The Morgan fingerprint density at radius 3 is 2.63 bits per heavy atom. The molecule has 0 amide bonds. The summed E-state index contributed by atoms with van der Waals surface area (Å²) in [5.41, 5.74) is 1.27. The van der Waals surface area contributed by atoms with E-state index in [1.54, 1.807) is 13.8 Å². The van der Waals surface area contributed by atoms with Gasteiger partial charge in [-0.05, 0) is 32.8 Å². The number of benzene rings is 2. The predicted octanol–water partition coefficient (Wildman–Crippen LogP) is 5.25. The van der Waals surface area contributed by atoms with Gasteiger partial charge in [-0.2, -0.15) is 0 Å². The fraction of sp³-hybridized carbons (Fsp3) is 0.500. The first-order valence-corrected chi connectivity index (χ1v) is 13.3. The van der Waals surface area contributed by atoms with Gasteiger partial charge < -0.3 is 19.7 Å². The number of hydrogen-bond donors (Lipinski definition) is 1. The molecule has 0 unspecified atom stereocenters. The van der Waals surface area contributed by atoms with Crippen molar-refractivity contribution < 1.29 is 22.6 Å². The Labute approximate surface area is 219 Å². The van der Waals surface area contributed by atoms with Gasteiger partial charge in [-0.1, -0.05) is 18.2 Å². The van der Waals surface area contributed by atoms with Gasteiger partial charge in [-0.3, -0.25) is 4.90 Å². The van der Waals surface area contributed by atoms with E-state index in [1.165, 1.54) is 12.1 Å². The average molecular weight is 528 g/mol. The monoisotopic (exact) mass is 527 g/mol. The predicted molar refractivity (Wildman–Crippen MR) is 140 cm³/mol. The lowest BCUT2D eigenvalue weighted by Crippen LogP contribution is -2.59. The minimum Gasteiger partial charge on any atom is -0.489 e. The molecule has 0 bridgehead atoms. The van der Waals surface area contributed by atoms with Gasteiger partial charge in [-0.15, -0.1) is 0 Å². The largest absolute Gasteiger partial charge is 0.489 e. The Balaban J connectivity index is 1.30. The van der Waals surface area contributed by atoms with Gasteiger partial charge in [0.05, 0.1) is 28.9 Å². The first kappa shape index (κ1) is 25.2. The van der Waals surface area contributed by atoms with E-state index in [-0.39, 0.29) is 11.6 Å². The normalized spacial score (nSPS) is 21.2. The molecule has 0 saturated carbocycles. The molecule has 38 heavy (non-hydrogen) atoms. The molecule has 1 aromatic heterocycles. The van der Waals surface area contributed by atoms with E-state index < -0.39 is 23.8 Å². The molecule has 0 aliphatic carbocycles. The zero-order valence-electron chi connectivity index (χ0n) is 21.6. The molecule has 2 aromatic carbocycles. The van der Waals surface area contributed by atoms with Crippen LogP contribution >= 0.6 is 0 Å². The van der Waals surface area contributed by atoms with Crippen LogP contribution in [0, 0.1) is 12.7 Å². The Bertz CT molecular complexity index is 1330. The molecule has 3 aliphatic heterocycles. The Morgan fingerprint density at radius 1 is 1.05 bits per heavy atom. The minimum absolute atomic E-state index is 0.165. The third kappa shape index (κ3) is 4.64. The van der Waals surface area contributed by atoms with Gasteiger partial charge in [0.2, 0.25) is 0 Å². The van der Waals surface area contributed by atoms with Crippen molar-refractivity contribution >= 4 is 22.4 Å².